The minimum atomic E-state index is -4.53. The number of hydrogen-bond acceptors (Lipinski definition) is 3. The number of hydrogen-bond donors (Lipinski definition) is 0. The van der Waals surface area contributed by atoms with Crippen LogP contribution in [0.3, 0.4) is 0 Å². The largest absolute Gasteiger partial charge is 0.418 e. The van der Waals surface area contributed by atoms with Crippen molar-refractivity contribution < 1.29 is 13.2 Å². The topological polar surface area (TPSA) is 34.9 Å². The molecule has 0 aliphatic carbocycles. The van der Waals surface area contributed by atoms with Crippen molar-refractivity contribution in [3.8, 4) is 0 Å². The molecule has 0 spiro atoms. The fraction of sp³-hybridized carbons (Fsp3) is 0.333. The maximum atomic E-state index is 12.8. The summed E-state index contributed by atoms with van der Waals surface area (Å²) in [5.74, 6) is 0. The molecule has 0 fully saturated rings. The predicted octanol–water partition coefficient (Wildman–Crippen LogP) is 2.32. The average molecular weight is 248 g/mol. The van der Waals surface area contributed by atoms with Crippen LogP contribution in [0.5, 0.6) is 0 Å². The van der Waals surface area contributed by atoms with Crippen LogP contribution in [0.1, 0.15) is 11.1 Å². The summed E-state index contributed by atoms with van der Waals surface area (Å²) in [5, 5.41) is 0. The lowest BCUT2D eigenvalue weighted by Crippen LogP contribution is -2.24. The first-order valence-corrected chi connectivity index (χ1v) is 5.22. The number of alkyl halides is 3. The van der Waals surface area contributed by atoms with Crippen molar-refractivity contribution in [3.05, 3.63) is 27.0 Å². The van der Waals surface area contributed by atoms with Gasteiger partial charge in [0.2, 0.25) is 0 Å². The molecular formula is C9H7F3N2OS. The Hall–Kier alpha value is -1.37. The van der Waals surface area contributed by atoms with Crippen LogP contribution in [0.15, 0.2) is 10.3 Å². The van der Waals surface area contributed by atoms with Gasteiger partial charge in [-0.3, -0.25) is 9.36 Å². The molecule has 0 bridgehead atoms. The van der Waals surface area contributed by atoms with Crippen LogP contribution in [0.2, 0.25) is 0 Å². The van der Waals surface area contributed by atoms with Crippen molar-refractivity contribution in [2.75, 3.05) is 0 Å². The van der Waals surface area contributed by atoms with Gasteiger partial charge in [0.1, 0.15) is 0 Å². The third kappa shape index (κ3) is 1.42. The van der Waals surface area contributed by atoms with Gasteiger partial charge in [0.05, 0.1) is 15.8 Å². The van der Waals surface area contributed by atoms with Gasteiger partial charge in [0.15, 0.2) is 5.65 Å². The van der Waals surface area contributed by atoms with E-state index in [1.807, 2.05) is 0 Å². The number of pyridine rings is 1. The fourth-order valence-corrected chi connectivity index (χ4v) is 2.56. The number of aryl methyl sites for hydroxylation is 1. The van der Waals surface area contributed by atoms with Gasteiger partial charge in [-0.15, -0.1) is 11.3 Å². The van der Waals surface area contributed by atoms with Gasteiger partial charge in [0.25, 0.3) is 5.56 Å². The molecule has 0 N–H and O–H groups in total. The summed E-state index contributed by atoms with van der Waals surface area (Å²) >= 11 is 0.887. The van der Waals surface area contributed by atoms with Crippen LogP contribution in [0.25, 0.3) is 10.3 Å². The fourth-order valence-electron chi connectivity index (χ4n) is 1.62. The SMILES string of the molecule is Cc1c(C(F)(F)F)c2scnc2n(C)c1=O. The molecule has 0 unspecified atom stereocenters. The number of nitrogens with zero attached hydrogens (tertiary/aromatic N) is 2. The van der Waals surface area contributed by atoms with E-state index in [0.717, 1.165) is 15.9 Å². The molecule has 0 amide bonds. The third-order valence-corrected chi connectivity index (χ3v) is 3.21. The van der Waals surface area contributed by atoms with Crippen molar-refractivity contribution in [2.45, 2.75) is 13.1 Å². The van der Waals surface area contributed by atoms with Crippen molar-refractivity contribution in [2.24, 2.45) is 7.05 Å². The minimum Gasteiger partial charge on any atom is -0.295 e. The van der Waals surface area contributed by atoms with Gasteiger partial charge in [-0.1, -0.05) is 0 Å². The van der Waals surface area contributed by atoms with Gasteiger partial charge in [-0.2, -0.15) is 13.2 Å². The van der Waals surface area contributed by atoms with Gasteiger partial charge >= 0.3 is 6.18 Å². The van der Waals surface area contributed by atoms with Gasteiger partial charge < -0.3 is 0 Å². The average Bonchev–Trinajstić information content (AvgIpc) is 2.61. The second-order valence-corrected chi connectivity index (χ2v) is 4.22. The maximum absolute atomic E-state index is 12.8. The first-order valence-electron chi connectivity index (χ1n) is 4.34. The maximum Gasteiger partial charge on any atom is 0.418 e. The molecule has 2 rings (SSSR count). The zero-order valence-corrected chi connectivity index (χ0v) is 9.24. The van der Waals surface area contributed by atoms with E-state index < -0.39 is 17.3 Å². The molecule has 16 heavy (non-hydrogen) atoms. The standard InChI is InChI=1S/C9H7F3N2OS/c1-4-5(9(10,11)12)6-7(13-3-16-6)14(2)8(4)15/h3H,1-2H3. The van der Waals surface area contributed by atoms with E-state index in [0.29, 0.717) is 0 Å². The van der Waals surface area contributed by atoms with E-state index >= 15 is 0 Å². The van der Waals surface area contributed by atoms with E-state index in [2.05, 4.69) is 4.98 Å². The number of rotatable bonds is 0. The summed E-state index contributed by atoms with van der Waals surface area (Å²) in [4.78, 5) is 15.4. The smallest absolute Gasteiger partial charge is 0.295 e. The summed E-state index contributed by atoms with van der Waals surface area (Å²) in [6, 6.07) is 0. The third-order valence-electron chi connectivity index (χ3n) is 2.38. The molecule has 2 aromatic heterocycles. The van der Waals surface area contributed by atoms with Crippen molar-refractivity contribution in [1.29, 1.82) is 0 Å². The van der Waals surface area contributed by atoms with Crippen LogP contribution in [0.4, 0.5) is 13.2 Å². The lowest BCUT2D eigenvalue weighted by atomic mass is 10.1. The molecule has 0 saturated heterocycles. The highest BCUT2D eigenvalue weighted by atomic mass is 32.1. The van der Waals surface area contributed by atoms with Crippen LogP contribution < -0.4 is 5.56 Å². The van der Waals surface area contributed by atoms with Crippen LogP contribution >= 0.6 is 11.3 Å². The molecule has 2 heterocycles. The Labute approximate surface area is 92.2 Å². The van der Waals surface area contributed by atoms with Crippen molar-refractivity contribution in [3.63, 3.8) is 0 Å². The Bertz CT molecular complexity index is 611. The lowest BCUT2D eigenvalue weighted by Gasteiger charge is -2.12. The van der Waals surface area contributed by atoms with E-state index in [-0.39, 0.29) is 15.9 Å². The molecule has 0 aliphatic rings. The summed E-state index contributed by atoms with van der Waals surface area (Å²) in [5.41, 5.74) is -0.433. The molecule has 0 saturated carbocycles. The van der Waals surface area contributed by atoms with Crippen LogP contribution in [-0.4, -0.2) is 9.55 Å². The van der Waals surface area contributed by atoms with Crippen molar-refractivity contribution in [1.82, 2.24) is 9.55 Å². The first-order chi connectivity index (χ1) is 7.34. The Morgan fingerprint density at radius 2 is 2.06 bits per heavy atom. The summed E-state index contributed by atoms with van der Waals surface area (Å²) in [7, 11) is 1.41. The zero-order valence-electron chi connectivity index (χ0n) is 8.42. The van der Waals surface area contributed by atoms with Crippen LogP contribution in [-0.2, 0) is 13.2 Å². The predicted molar refractivity (Wildman–Crippen MR) is 54.6 cm³/mol. The normalized spacial score (nSPS) is 12.3. The van der Waals surface area contributed by atoms with E-state index in [4.69, 9.17) is 0 Å². The molecule has 7 heteroatoms. The second-order valence-electron chi connectivity index (χ2n) is 3.37. The molecule has 0 atom stereocenters. The van der Waals surface area contributed by atoms with Crippen molar-refractivity contribution >= 4 is 21.7 Å². The molecule has 0 aromatic carbocycles. The number of fused-ring (bicyclic) bond motifs is 1. The summed E-state index contributed by atoms with van der Waals surface area (Å²) in [6.45, 7) is 1.18. The molecule has 0 aliphatic heterocycles. The molecular weight excluding hydrogens is 241 g/mol. The quantitative estimate of drug-likeness (QED) is 0.717. The minimum absolute atomic E-state index is 0.00657. The Morgan fingerprint density at radius 3 is 2.62 bits per heavy atom. The molecule has 86 valence electrons. The molecule has 3 nitrogen and oxygen atoms in total. The Kier molecular flexibility index (Phi) is 2.30. The van der Waals surface area contributed by atoms with Crippen LogP contribution in [0, 0.1) is 6.92 Å². The van der Waals surface area contributed by atoms with Gasteiger partial charge in [-0.05, 0) is 6.92 Å². The zero-order chi connectivity index (χ0) is 12.1. The Balaban J connectivity index is 3.03. The number of thiazole rings is 1. The molecule has 2 aromatic rings. The van der Waals surface area contributed by atoms with Gasteiger partial charge in [0, 0.05) is 12.6 Å². The number of aromatic nitrogens is 2. The van der Waals surface area contributed by atoms with Gasteiger partial charge in [-0.25, -0.2) is 4.98 Å². The highest BCUT2D eigenvalue weighted by Gasteiger charge is 2.37. The second kappa shape index (κ2) is 3.31. The molecule has 0 radical (unpaired) electrons. The first kappa shape index (κ1) is 11.1. The summed E-state index contributed by atoms with van der Waals surface area (Å²) in [6.07, 6.45) is -4.53. The van der Waals surface area contributed by atoms with E-state index in [9.17, 15) is 18.0 Å². The highest BCUT2D eigenvalue weighted by molar-refractivity contribution is 7.16. The lowest BCUT2D eigenvalue weighted by molar-refractivity contribution is -0.136. The number of halogens is 3. The van der Waals surface area contributed by atoms with E-state index in [1.54, 1.807) is 0 Å². The highest BCUT2D eigenvalue weighted by Crippen LogP contribution is 2.37. The monoisotopic (exact) mass is 248 g/mol. The van der Waals surface area contributed by atoms with E-state index in [1.165, 1.54) is 19.5 Å². The summed E-state index contributed by atoms with van der Waals surface area (Å²) < 4.78 is 39.5. The Morgan fingerprint density at radius 1 is 1.44 bits per heavy atom.